The minimum Gasteiger partial charge on any atom is -0.480 e. The molecule has 1 aliphatic rings. The summed E-state index contributed by atoms with van der Waals surface area (Å²) in [6.45, 7) is 8.16. The van der Waals surface area contributed by atoms with Crippen LogP contribution < -0.4 is 16.6 Å². The monoisotopic (exact) mass is 485 g/mol. The highest BCUT2D eigenvalue weighted by molar-refractivity contribution is 5.81. The van der Waals surface area contributed by atoms with Gasteiger partial charge in [0.2, 0.25) is 0 Å². The molecule has 0 saturated carbocycles. The lowest BCUT2D eigenvalue weighted by Gasteiger charge is -2.27. The average Bonchev–Trinajstić information content (AvgIpc) is 2.97. The van der Waals surface area contributed by atoms with Crippen molar-refractivity contribution in [3.8, 4) is 0 Å². The number of H-pyrrole nitrogens is 1. The lowest BCUT2D eigenvalue weighted by molar-refractivity contribution is -0.166. The highest BCUT2D eigenvalue weighted by atomic mass is 16.6. The molecule has 14 nitrogen and oxygen atoms in total. The molecule has 5 atom stereocenters. The van der Waals surface area contributed by atoms with E-state index in [-0.39, 0.29) is 5.56 Å². The number of carbonyl (C=O) groups excluding carboxylic acids is 3. The molecule has 34 heavy (non-hydrogen) atoms. The van der Waals surface area contributed by atoms with Crippen molar-refractivity contribution in [1.82, 2.24) is 14.9 Å². The molecule has 1 amide bonds. The van der Waals surface area contributed by atoms with Crippen LogP contribution in [0, 0.1) is 6.92 Å². The first kappa shape index (κ1) is 26.6. The van der Waals surface area contributed by atoms with Gasteiger partial charge in [-0.3, -0.25) is 23.9 Å². The summed E-state index contributed by atoms with van der Waals surface area (Å²) in [7, 11) is 0. The summed E-state index contributed by atoms with van der Waals surface area (Å²) in [5.74, 6) is -3.30. The number of aryl methyl sites for hydroxylation is 1. The van der Waals surface area contributed by atoms with E-state index in [1.165, 1.54) is 6.92 Å². The zero-order valence-corrected chi connectivity index (χ0v) is 19.4. The second-order valence-corrected chi connectivity index (χ2v) is 8.58. The van der Waals surface area contributed by atoms with Gasteiger partial charge in [0.1, 0.15) is 11.7 Å². The number of carboxylic acids is 1. The van der Waals surface area contributed by atoms with E-state index in [2.05, 4.69) is 10.3 Å². The van der Waals surface area contributed by atoms with Crippen molar-refractivity contribution in [3.63, 3.8) is 0 Å². The number of esters is 2. The lowest BCUT2D eigenvalue weighted by atomic mass is 10.0. The van der Waals surface area contributed by atoms with Crippen molar-refractivity contribution < 1.29 is 43.2 Å². The number of carbonyl (C=O) groups is 4. The number of nitrogens with zero attached hydrogens (tertiary/aromatic N) is 1. The summed E-state index contributed by atoms with van der Waals surface area (Å²) in [4.78, 5) is 74.2. The molecule has 2 rings (SSSR count). The minimum atomic E-state index is -1.85. The average molecular weight is 485 g/mol. The van der Waals surface area contributed by atoms with Gasteiger partial charge in [0.15, 0.2) is 24.5 Å². The number of aliphatic carboxylic acids is 1. The maximum atomic E-state index is 12.5. The molecule has 1 saturated heterocycles. The maximum absolute atomic E-state index is 12.5. The predicted octanol–water partition coefficient (Wildman–Crippen LogP) is -0.416. The number of hydrogen-bond donors (Lipinski definition) is 3. The molecule has 188 valence electrons. The zero-order chi connectivity index (χ0) is 26.0. The van der Waals surface area contributed by atoms with Gasteiger partial charge in [-0.2, -0.15) is 0 Å². The van der Waals surface area contributed by atoms with Crippen LogP contribution in [-0.4, -0.2) is 68.6 Å². The number of hydrogen-bond acceptors (Lipinski definition) is 10. The molecule has 1 aliphatic heterocycles. The summed E-state index contributed by atoms with van der Waals surface area (Å²) >= 11 is 0. The summed E-state index contributed by atoms with van der Waals surface area (Å²) in [5.41, 5.74) is -2.49. The normalized spacial score (nSPS) is 23.0. The Kier molecular flexibility index (Phi) is 7.87. The first-order valence-corrected chi connectivity index (χ1v) is 10.1. The highest BCUT2D eigenvalue weighted by Crippen LogP contribution is 2.35. The van der Waals surface area contributed by atoms with Crippen LogP contribution in [0.25, 0.3) is 0 Å². The van der Waals surface area contributed by atoms with Crippen LogP contribution in [0.5, 0.6) is 0 Å². The van der Waals surface area contributed by atoms with Crippen LogP contribution in [0.15, 0.2) is 15.8 Å². The summed E-state index contributed by atoms with van der Waals surface area (Å²) in [6.07, 6.45) is -6.18. The van der Waals surface area contributed by atoms with Crippen molar-refractivity contribution in [2.75, 3.05) is 0 Å². The number of aromatic nitrogens is 2. The molecular weight excluding hydrogens is 458 g/mol. The van der Waals surface area contributed by atoms with Crippen LogP contribution in [-0.2, 0) is 33.3 Å². The van der Waals surface area contributed by atoms with Crippen LogP contribution in [0.2, 0.25) is 0 Å². The molecule has 0 spiro atoms. The van der Waals surface area contributed by atoms with Crippen LogP contribution in [0.3, 0.4) is 0 Å². The van der Waals surface area contributed by atoms with Crippen molar-refractivity contribution in [1.29, 1.82) is 0 Å². The minimum absolute atomic E-state index is 0.0962. The smallest absolute Gasteiger partial charge is 0.408 e. The van der Waals surface area contributed by atoms with E-state index in [0.29, 0.717) is 0 Å². The van der Waals surface area contributed by atoms with Gasteiger partial charge in [0.25, 0.3) is 5.56 Å². The molecule has 14 heteroatoms. The summed E-state index contributed by atoms with van der Waals surface area (Å²) in [6, 6.07) is -1.85. The number of carboxylic acid groups (broad SMARTS) is 1. The van der Waals surface area contributed by atoms with Gasteiger partial charge < -0.3 is 29.4 Å². The first-order valence-electron chi connectivity index (χ1n) is 10.1. The van der Waals surface area contributed by atoms with Crippen LogP contribution in [0.1, 0.15) is 46.4 Å². The van der Waals surface area contributed by atoms with Crippen LogP contribution in [0.4, 0.5) is 4.79 Å². The highest BCUT2D eigenvalue weighted by Gasteiger charge is 2.55. The topological polar surface area (TPSA) is 192 Å². The molecule has 0 unspecified atom stereocenters. The summed E-state index contributed by atoms with van der Waals surface area (Å²) in [5, 5.41) is 11.9. The molecule has 3 N–H and O–H groups in total. The van der Waals surface area contributed by atoms with Gasteiger partial charge in [0.05, 0.1) is 0 Å². The van der Waals surface area contributed by atoms with E-state index in [4.69, 9.17) is 18.9 Å². The number of nitrogens with one attached hydrogen (secondary N) is 2. The molecule has 1 fully saturated rings. The van der Waals surface area contributed by atoms with E-state index >= 15 is 0 Å². The standard InChI is InChI=1S/C20H27N3O11/c1-8-7-23(18(29)22-15(8)26)16-14(32-10(3)25)13(31-9(2)24)12(33-16)11(17(27)28)21-19(30)34-20(4,5)6/h7,11-14,16H,1-6H3,(H,21,30)(H,27,28)(H,22,26,29)/t11-,12+,13+,14+,16+/m0/s1. The third-order valence-electron chi connectivity index (χ3n) is 4.52. The van der Waals surface area contributed by atoms with E-state index < -0.39 is 71.4 Å². The van der Waals surface area contributed by atoms with Crippen LogP contribution >= 0.6 is 0 Å². The van der Waals surface area contributed by atoms with Gasteiger partial charge in [-0.25, -0.2) is 14.4 Å². The summed E-state index contributed by atoms with van der Waals surface area (Å²) < 4.78 is 22.1. The molecule has 0 aliphatic carbocycles. The largest absolute Gasteiger partial charge is 0.480 e. The van der Waals surface area contributed by atoms with E-state index in [1.807, 2.05) is 0 Å². The second kappa shape index (κ2) is 10.1. The third kappa shape index (κ3) is 6.43. The Hall–Kier alpha value is -3.68. The molecule has 0 bridgehead atoms. The predicted molar refractivity (Wildman–Crippen MR) is 112 cm³/mol. The molecule has 0 aromatic carbocycles. The number of ether oxygens (including phenoxy) is 4. The zero-order valence-electron chi connectivity index (χ0n) is 19.4. The Morgan fingerprint density at radius 1 is 1.12 bits per heavy atom. The molecule has 1 aromatic rings. The van der Waals surface area contributed by atoms with Gasteiger partial charge in [-0.15, -0.1) is 0 Å². The Labute approximate surface area is 193 Å². The quantitative estimate of drug-likeness (QED) is 0.350. The Bertz CT molecular complexity index is 1080. The first-order chi connectivity index (χ1) is 15.6. The van der Waals surface area contributed by atoms with E-state index in [1.54, 1.807) is 20.8 Å². The van der Waals surface area contributed by atoms with Crippen molar-refractivity contribution in [3.05, 3.63) is 32.6 Å². The maximum Gasteiger partial charge on any atom is 0.408 e. The molecule has 0 radical (unpaired) electrons. The van der Waals surface area contributed by atoms with Gasteiger partial charge in [-0.1, -0.05) is 0 Å². The Morgan fingerprint density at radius 3 is 2.18 bits per heavy atom. The Morgan fingerprint density at radius 2 is 1.68 bits per heavy atom. The number of rotatable bonds is 6. The number of aromatic amines is 1. The van der Waals surface area contributed by atoms with Crippen molar-refractivity contribution >= 4 is 24.0 Å². The molecule has 2 heterocycles. The number of amides is 1. The third-order valence-corrected chi connectivity index (χ3v) is 4.52. The fourth-order valence-electron chi connectivity index (χ4n) is 3.29. The lowest BCUT2D eigenvalue weighted by Crippen LogP contribution is -2.55. The Balaban J connectivity index is 2.57. The second-order valence-electron chi connectivity index (χ2n) is 8.58. The fraction of sp³-hybridized carbons (Fsp3) is 0.600. The molecule has 1 aromatic heterocycles. The van der Waals surface area contributed by atoms with Crippen molar-refractivity contribution in [2.45, 2.75) is 77.7 Å². The molecular formula is C20H27N3O11. The number of alkyl carbamates (subject to hydrolysis) is 1. The van der Waals surface area contributed by atoms with Gasteiger partial charge >= 0.3 is 29.7 Å². The fourth-order valence-corrected chi connectivity index (χ4v) is 3.29. The SMILES string of the molecule is CC(=O)O[C@H]1[C@@H](OC(C)=O)[C@H](n2cc(C)c(=O)[nH]c2=O)O[C@@H]1[C@H](NC(=O)OC(C)(C)C)C(=O)O. The van der Waals surface area contributed by atoms with Gasteiger partial charge in [-0.05, 0) is 27.7 Å². The van der Waals surface area contributed by atoms with E-state index in [9.17, 15) is 33.9 Å². The van der Waals surface area contributed by atoms with E-state index in [0.717, 1.165) is 24.6 Å². The van der Waals surface area contributed by atoms with Gasteiger partial charge in [0, 0.05) is 25.6 Å². The van der Waals surface area contributed by atoms with Crippen molar-refractivity contribution in [2.24, 2.45) is 0 Å².